The molecule has 0 aliphatic rings. The van der Waals surface area contributed by atoms with Crippen LogP contribution in [-0.4, -0.2) is 18.7 Å². The zero-order valence-corrected chi connectivity index (χ0v) is 12.7. The van der Waals surface area contributed by atoms with E-state index in [9.17, 15) is 9.18 Å². The standard InChI is InChI=1S/C15H11Cl2FN2O2/c16-11-5-6-12(17)14(7-11)22-9-15(21)20-19-8-10-3-1-2-4-13(10)18/h1-8H,9H2,(H,20,21)/b19-8+. The predicted molar refractivity (Wildman–Crippen MR) is 84.1 cm³/mol. The van der Waals surface area contributed by atoms with Crippen LogP contribution in [0.1, 0.15) is 5.56 Å². The summed E-state index contributed by atoms with van der Waals surface area (Å²) in [6.45, 7) is -0.297. The van der Waals surface area contributed by atoms with Crippen LogP contribution in [0.15, 0.2) is 47.6 Å². The maximum absolute atomic E-state index is 13.3. The number of hydrazone groups is 1. The molecular weight excluding hydrogens is 330 g/mol. The third kappa shape index (κ3) is 4.72. The first-order chi connectivity index (χ1) is 10.6. The molecule has 7 heteroatoms. The van der Waals surface area contributed by atoms with Crippen LogP contribution in [0.2, 0.25) is 10.0 Å². The third-order valence-electron chi connectivity index (χ3n) is 2.55. The van der Waals surface area contributed by atoms with E-state index in [-0.39, 0.29) is 12.2 Å². The van der Waals surface area contributed by atoms with Crippen LogP contribution in [0.5, 0.6) is 5.75 Å². The van der Waals surface area contributed by atoms with Crippen molar-refractivity contribution in [2.75, 3.05) is 6.61 Å². The minimum Gasteiger partial charge on any atom is -0.482 e. The van der Waals surface area contributed by atoms with Gasteiger partial charge in [0, 0.05) is 16.7 Å². The number of hydrogen-bond donors (Lipinski definition) is 1. The number of carbonyl (C=O) groups is 1. The van der Waals surface area contributed by atoms with Crippen LogP contribution >= 0.6 is 23.2 Å². The van der Waals surface area contributed by atoms with Crippen molar-refractivity contribution >= 4 is 35.3 Å². The topological polar surface area (TPSA) is 50.7 Å². The van der Waals surface area contributed by atoms with Gasteiger partial charge >= 0.3 is 0 Å². The molecule has 0 aliphatic heterocycles. The molecule has 0 saturated heterocycles. The van der Waals surface area contributed by atoms with Crippen molar-refractivity contribution in [3.05, 3.63) is 63.9 Å². The summed E-state index contributed by atoms with van der Waals surface area (Å²) in [5.74, 6) is -0.645. The fourth-order valence-corrected chi connectivity index (χ4v) is 1.85. The van der Waals surface area contributed by atoms with Gasteiger partial charge in [-0.25, -0.2) is 9.82 Å². The molecule has 2 rings (SSSR count). The first-order valence-electron chi connectivity index (χ1n) is 6.20. The van der Waals surface area contributed by atoms with Crippen molar-refractivity contribution in [3.8, 4) is 5.75 Å². The van der Waals surface area contributed by atoms with Gasteiger partial charge in [0.05, 0.1) is 11.2 Å². The second-order valence-electron chi connectivity index (χ2n) is 4.18. The van der Waals surface area contributed by atoms with E-state index in [0.29, 0.717) is 15.8 Å². The summed E-state index contributed by atoms with van der Waals surface area (Å²) in [6, 6.07) is 10.7. The van der Waals surface area contributed by atoms with Gasteiger partial charge in [0.1, 0.15) is 11.6 Å². The fourth-order valence-electron chi connectivity index (χ4n) is 1.52. The summed E-state index contributed by atoms with van der Waals surface area (Å²) in [5.41, 5.74) is 2.49. The number of rotatable bonds is 5. The average Bonchev–Trinajstić information content (AvgIpc) is 2.50. The van der Waals surface area contributed by atoms with Crippen molar-refractivity contribution in [2.45, 2.75) is 0 Å². The normalized spacial score (nSPS) is 10.7. The van der Waals surface area contributed by atoms with E-state index in [4.69, 9.17) is 27.9 Å². The lowest BCUT2D eigenvalue weighted by molar-refractivity contribution is -0.123. The highest BCUT2D eigenvalue weighted by atomic mass is 35.5. The Morgan fingerprint density at radius 3 is 2.82 bits per heavy atom. The lowest BCUT2D eigenvalue weighted by Crippen LogP contribution is -2.24. The molecule has 114 valence electrons. The van der Waals surface area contributed by atoms with Crippen LogP contribution in [0.3, 0.4) is 0 Å². The molecule has 0 spiro atoms. The zero-order valence-electron chi connectivity index (χ0n) is 11.2. The second kappa shape index (κ2) is 7.77. The molecule has 2 aromatic rings. The number of nitrogens with zero attached hydrogens (tertiary/aromatic N) is 1. The highest BCUT2D eigenvalue weighted by Gasteiger charge is 2.06. The summed E-state index contributed by atoms with van der Waals surface area (Å²) in [5, 5.41) is 4.43. The van der Waals surface area contributed by atoms with E-state index in [2.05, 4.69) is 10.5 Å². The maximum Gasteiger partial charge on any atom is 0.277 e. The molecule has 0 aliphatic carbocycles. The van der Waals surface area contributed by atoms with E-state index in [1.807, 2.05) is 0 Å². The van der Waals surface area contributed by atoms with Crippen molar-refractivity contribution in [3.63, 3.8) is 0 Å². The smallest absolute Gasteiger partial charge is 0.277 e. The molecule has 1 N–H and O–H groups in total. The second-order valence-corrected chi connectivity index (χ2v) is 5.02. The number of halogens is 3. The van der Waals surface area contributed by atoms with Crippen molar-refractivity contribution < 1.29 is 13.9 Å². The molecule has 2 aromatic carbocycles. The van der Waals surface area contributed by atoms with Crippen LogP contribution in [-0.2, 0) is 4.79 Å². The Labute approximate surface area is 136 Å². The summed E-state index contributed by atoms with van der Waals surface area (Å²) in [6.07, 6.45) is 1.21. The highest BCUT2D eigenvalue weighted by Crippen LogP contribution is 2.27. The molecule has 0 aromatic heterocycles. The number of carbonyl (C=O) groups excluding carboxylic acids is 1. The number of nitrogens with one attached hydrogen (secondary N) is 1. The minimum atomic E-state index is -0.511. The monoisotopic (exact) mass is 340 g/mol. The molecular formula is C15H11Cl2FN2O2. The predicted octanol–water partition coefficient (Wildman–Crippen LogP) is 3.66. The van der Waals surface area contributed by atoms with Gasteiger partial charge in [-0.05, 0) is 18.2 Å². The molecule has 0 heterocycles. The van der Waals surface area contributed by atoms with Crippen LogP contribution in [0.25, 0.3) is 0 Å². The summed E-state index contributed by atoms with van der Waals surface area (Å²) >= 11 is 11.7. The third-order valence-corrected chi connectivity index (χ3v) is 3.10. The van der Waals surface area contributed by atoms with Gasteiger partial charge in [-0.2, -0.15) is 5.10 Å². The van der Waals surface area contributed by atoms with E-state index >= 15 is 0 Å². The Bertz CT molecular complexity index is 708. The fraction of sp³-hybridized carbons (Fsp3) is 0.0667. The minimum absolute atomic E-state index is 0.265. The SMILES string of the molecule is O=C(COc1cc(Cl)ccc1Cl)N/N=C/c1ccccc1F. The Morgan fingerprint density at radius 1 is 1.27 bits per heavy atom. The molecule has 1 amide bonds. The van der Waals surface area contributed by atoms with Crippen molar-refractivity contribution in [1.82, 2.24) is 5.43 Å². The number of ether oxygens (including phenoxy) is 1. The van der Waals surface area contributed by atoms with Gasteiger partial charge in [-0.15, -0.1) is 0 Å². The molecule has 0 unspecified atom stereocenters. The first-order valence-corrected chi connectivity index (χ1v) is 6.96. The first kappa shape index (κ1) is 16.3. The maximum atomic E-state index is 13.3. The van der Waals surface area contributed by atoms with Crippen LogP contribution < -0.4 is 10.2 Å². The highest BCUT2D eigenvalue weighted by molar-refractivity contribution is 6.34. The van der Waals surface area contributed by atoms with E-state index in [1.165, 1.54) is 24.4 Å². The Hall–Kier alpha value is -2.11. The Balaban J connectivity index is 1.86. The average molecular weight is 341 g/mol. The number of hydrogen-bond acceptors (Lipinski definition) is 3. The van der Waals surface area contributed by atoms with E-state index < -0.39 is 11.7 Å². The van der Waals surface area contributed by atoms with Gasteiger partial charge in [-0.1, -0.05) is 41.4 Å². The van der Waals surface area contributed by atoms with Gasteiger partial charge in [0.2, 0.25) is 0 Å². The molecule has 0 radical (unpaired) electrons. The zero-order chi connectivity index (χ0) is 15.9. The van der Waals surface area contributed by atoms with E-state index in [1.54, 1.807) is 24.3 Å². The Kier molecular flexibility index (Phi) is 5.75. The summed E-state index contributed by atoms with van der Waals surface area (Å²) in [4.78, 5) is 11.6. The van der Waals surface area contributed by atoms with Crippen molar-refractivity contribution in [2.24, 2.45) is 5.10 Å². The molecule has 0 fully saturated rings. The molecule has 22 heavy (non-hydrogen) atoms. The van der Waals surface area contributed by atoms with E-state index in [0.717, 1.165) is 0 Å². The molecule has 4 nitrogen and oxygen atoms in total. The lowest BCUT2D eigenvalue weighted by atomic mass is 10.2. The van der Waals surface area contributed by atoms with Gasteiger partial charge in [0.15, 0.2) is 6.61 Å². The number of amides is 1. The quantitative estimate of drug-likeness (QED) is 0.667. The summed E-state index contributed by atoms with van der Waals surface area (Å²) in [7, 11) is 0. The largest absolute Gasteiger partial charge is 0.482 e. The Morgan fingerprint density at radius 2 is 2.05 bits per heavy atom. The lowest BCUT2D eigenvalue weighted by Gasteiger charge is -2.07. The molecule has 0 saturated carbocycles. The van der Waals surface area contributed by atoms with Crippen molar-refractivity contribution in [1.29, 1.82) is 0 Å². The summed E-state index contributed by atoms with van der Waals surface area (Å²) < 4.78 is 18.5. The number of benzene rings is 2. The van der Waals surface area contributed by atoms with Crippen LogP contribution in [0, 0.1) is 5.82 Å². The van der Waals surface area contributed by atoms with Gasteiger partial charge in [-0.3, -0.25) is 4.79 Å². The van der Waals surface area contributed by atoms with Gasteiger partial charge in [0.25, 0.3) is 5.91 Å². The van der Waals surface area contributed by atoms with Crippen LogP contribution in [0.4, 0.5) is 4.39 Å². The van der Waals surface area contributed by atoms with Gasteiger partial charge < -0.3 is 4.74 Å². The molecule has 0 atom stereocenters. The molecule has 0 bridgehead atoms.